The summed E-state index contributed by atoms with van der Waals surface area (Å²) in [4.78, 5) is 4.84. The molecular formula is C32H36F4N2O2. The van der Waals surface area contributed by atoms with Crippen molar-refractivity contribution in [2.75, 3.05) is 39.3 Å². The monoisotopic (exact) mass is 556 g/mol. The number of morpholine rings is 1. The molecule has 2 fully saturated rings. The van der Waals surface area contributed by atoms with Gasteiger partial charge in [-0.15, -0.1) is 0 Å². The van der Waals surface area contributed by atoms with Crippen molar-refractivity contribution in [1.29, 1.82) is 0 Å². The molecule has 0 unspecified atom stereocenters. The summed E-state index contributed by atoms with van der Waals surface area (Å²) in [5, 5.41) is 0. The van der Waals surface area contributed by atoms with Crippen LogP contribution in [0.5, 0.6) is 0 Å². The van der Waals surface area contributed by atoms with Gasteiger partial charge in [0, 0.05) is 19.6 Å². The number of likely N-dealkylation sites (tertiary alicyclic amines) is 1. The summed E-state index contributed by atoms with van der Waals surface area (Å²) in [5.41, 5.74) is 1.52. The average molecular weight is 557 g/mol. The Morgan fingerprint density at radius 2 is 1.52 bits per heavy atom. The van der Waals surface area contributed by atoms with Gasteiger partial charge in [0.2, 0.25) is 0 Å². The minimum atomic E-state index is -4.64. The molecule has 2 heterocycles. The van der Waals surface area contributed by atoms with E-state index in [1.54, 1.807) is 6.92 Å². The Balaban J connectivity index is 1.26. The zero-order valence-corrected chi connectivity index (χ0v) is 22.7. The van der Waals surface area contributed by atoms with Crippen molar-refractivity contribution in [2.24, 2.45) is 0 Å². The molecule has 5 rings (SSSR count). The number of piperidine rings is 1. The lowest BCUT2D eigenvalue weighted by Crippen LogP contribution is -2.49. The van der Waals surface area contributed by atoms with Gasteiger partial charge in [-0.05, 0) is 73.7 Å². The maximum absolute atomic E-state index is 14.1. The van der Waals surface area contributed by atoms with Crippen LogP contribution < -0.4 is 0 Å². The summed E-state index contributed by atoms with van der Waals surface area (Å²) in [5.74, 6) is -0.347. The third-order valence-corrected chi connectivity index (χ3v) is 8.07. The predicted molar refractivity (Wildman–Crippen MR) is 146 cm³/mol. The summed E-state index contributed by atoms with van der Waals surface area (Å²) >= 11 is 0. The average Bonchev–Trinajstić information content (AvgIpc) is 2.96. The third-order valence-electron chi connectivity index (χ3n) is 8.07. The predicted octanol–water partition coefficient (Wildman–Crippen LogP) is 7.20. The van der Waals surface area contributed by atoms with Crippen molar-refractivity contribution < 1.29 is 27.0 Å². The third kappa shape index (κ3) is 7.10. The fraction of sp³-hybridized carbons (Fsp3) is 0.438. The molecule has 8 heteroatoms. The molecule has 4 nitrogen and oxygen atoms in total. The van der Waals surface area contributed by atoms with Crippen molar-refractivity contribution in [2.45, 2.75) is 50.3 Å². The maximum Gasteiger partial charge on any atom is 0.416 e. The van der Waals surface area contributed by atoms with Crippen LogP contribution in [-0.4, -0.2) is 55.4 Å². The minimum absolute atomic E-state index is 0.126. The van der Waals surface area contributed by atoms with Crippen LogP contribution in [0.15, 0.2) is 78.9 Å². The minimum Gasteiger partial charge on any atom is -0.349 e. The first-order chi connectivity index (χ1) is 19.3. The highest BCUT2D eigenvalue weighted by atomic mass is 19.4. The fourth-order valence-electron chi connectivity index (χ4n) is 5.85. The normalized spacial score (nSPS) is 22.3. The maximum atomic E-state index is 14.1. The molecule has 3 aromatic carbocycles. The van der Waals surface area contributed by atoms with Crippen LogP contribution in [0.25, 0.3) is 0 Å². The first kappa shape index (κ1) is 28.7. The van der Waals surface area contributed by atoms with E-state index < -0.39 is 30.0 Å². The second-order valence-corrected chi connectivity index (χ2v) is 10.7. The highest BCUT2D eigenvalue weighted by molar-refractivity contribution is 5.28. The van der Waals surface area contributed by atoms with Gasteiger partial charge in [-0.3, -0.25) is 4.90 Å². The number of alkyl halides is 3. The summed E-state index contributed by atoms with van der Waals surface area (Å²) in [6.45, 7) is 6.59. The number of hydrogen-bond donors (Lipinski definition) is 0. The number of benzene rings is 3. The molecule has 0 bridgehead atoms. The SMILES string of the molecule is C[C@@H](O[C@H]1OCCN(CCN2CCC(c3ccccc3)CC2)[C@H]1c1ccccc1)c1cc(F)cc(C(F)(F)F)c1. The topological polar surface area (TPSA) is 24.9 Å². The van der Waals surface area contributed by atoms with Gasteiger partial charge in [0.1, 0.15) is 5.82 Å². The van der Waals surface area contributed by atoms with Crippen LogP contribution in [0, 0.1) is 5.82 Å². The Morgan fingerprint density at radius 3 is 2.17 bits per heavy atom. The van der Waals surface area contributed by atoms with E-state index in [0.29, 0.717) is 25.1 Å². The van der Waals surface area contributed by atoms with Crippen molar-refractivity contribution in [3.8, 4) is 0 Å². The van der Waals surface area contributed by atoms with E-state index >= 15 is 0 Å². The highest BCUT2D eigenvalue weighted by Crippen LogP contribution is 2.36. The molecule has 3 aromatic rings. The molecule has 0 aliphatic carbocycles. The molecule has 0 N–H and O–H groups in total. The molecule has 2 aliphatic heterocycles. The van der Waals surface area contributed by atoms with E-state index in [0.717, 1.165) is 56.7 Å². The molecule has 40 heavy (non-hydrogen) atoms. The van der Waals surface area contributed by atoms with E-state index in [4.69, 9.17) is 9.47 Å². The molecule has 3 atom stereocenters. The molecule has 0 spiro atoms. The van der Waals surface area contributed by atoms with Crippen LogP contribution in [-0.2, 0) is 15.7 Å². The fourth-order valence-corrected chi connectivity index (χ4v) is 5.85. The van der Waals surface area contributed by atoms with Gasteiger partial charge in [-0.1, -0.05) is 60.7 Å². The molecule has 2 saturated heterocycles. The zero-order chi connectivity index (χ0) is 28.1. The van der Waals surface area contributed by atoms with Gasteiger partial charge in [-0.2, -0.15) is 13.2 Å². The smallest absolute Gasteiger partial charge is 0.349 e. The van der Waals surface area contributed by atoms with Crippen molar-refractivity contribution >= 4 is 0 Å². The number of rotatable bonds is 8. The first-order valence-corrected chi connectivity index (χ1v) is 14.0. The van der Waals surface area contributed by atoms with Crippen LogP contribution in [0.1, 0.15) is 60.1 Å². The lowest BCUT2D eigenvalue weighted by Gasteiger charge is -2.43. The van der Waals surface area contributed by atoms with E-state index in [1.165, 1.54) is 5.56 Å². The number of halogens is 4. The molecule has 214 valence electrons. The van der Waals surface area contributed by atoms with Gasteiger partial charge in [0.25, 0.3) is 0 Å². The van der Waals surface area contributed by atoms with Crippen LogP contribution in [0.3, 0.4) is 0 Å². The summed E-state index contributed by atoms with van der Waals surface area (Å²) in [7, 11) is 0. The molecule has 0 radical (unpaired) electrons. The summed E-state index contributed by atoms with van der Waals surface area (Å²) in [6.07, 6.45) is -3.90. The largest absolute Gasteiger partial charge is 0.416 e. The quantitative estimate of drug-likeness (QED) is 0.274. The van der Waals surface area contributed by atoms with Crippen molar-refractivity contribution in [1.82, 2.24) is 9.80 Å². The van der Waals surface area contributed by atoms with Gasteiger partial charge < -0.3 is 14.4 Å². The molecular weight excluding hydrogens is 520 g/mol. The Hall–Kier alpha value is -2.78. The van der Waals surface area contributed by atoms with E-state index in [-0.39, 0.29) is 11.6 Å². The molecule has 0 amide bonds. The van der Waals surface area contributed by atoms with Gasteiger partial charge in [0.15, 0.2) is 6.29 Å². The van der Waals surface area contributed by atoms with E-state index in [2.05, 4.69) is 40.1 Å². The van der Waals surface area contributed by atoms with Crippen molar-refractivity contribution in [3.05, 3.63) is 107 Å². The van der Waals surface area contributed by atoms with Gasteiger partial charge in [-0.25, -0.2) is 4.39 Å². The Morgan fingerprint density at radius 1 is 0.875 bits per heavy atom. The molecule has 0 aromatic heterocycles. The van der Waals surface area contributed by atoms with Crippen LogP contribution >= 0.6 is 0 Å². The lowest BCUT2D eigenvalue weighted by atomic mass is 9.89. The summed E-state index contributed by atoms with van der Waals surface area (Å²) < 4.78 is 66.3. The lowest BCUT2D eigenvalue weighted by molar-refractivity contribution is -0.230. The van der Waals surface area contributed by atoms with E-state index in [1.807, 2.05) is 30.3 Å². The Labute approximate surface area is 233 Å². The number of ether oxygens (including phenoxy) is 2. The van der Waals surface area contributed by atoms with Crippen molar-refractivity contribution in [3.63, 3.8) is 0 Å². The number of nitrogens with zero attached hydrogens (tertiary/aromatic N) is 2. The Kier molecular flexibility index (Phi) is 9.20. The van der Waals surface area contributed by atoms with Gasteiger partial charge >= 0.3 is 6.18 Å². The highest BCUT2D eigenvalue weighted by Gasteiger charge is 2.37. The second-order valence-electron chi connectivity index (χ2n) is 10.7. The second kappa shape index (κ2) is 12.8. The van der Waals surface area contributed by atoms with Crippen LogP contribution in [0.2, 0.25) is 0 Å². The van der Waals surface area contributed by atoms with Gasteiger partial charge in [0.05, 0.1) is 24.3 Å². The zero-order valence-electron chi connectivity index (χ0n) is 22.7. The number of hydrogen-bond acceptors (Lipinski definition) is 4. The first-order valence-electron chi connectivity index (χ1n) is 14.0. The van der Waals surface area contributed by atoms with Crippen LogP contribution in [0.4, 0.5) is 17.6 Å². The Bertz CT molecular complexity index is 1220. The standard InChI is InChI=1S/C32H36F4N2O2/c1-23(27-20-28(32(34,35)36)22-29(33)21-27)40-31-30(26-10-6-3-7-11-26)38(18-19-39-31)17-16-37-14-12-25(13-15-37)24-8-4-2-5-9-24/h2-11,20-23,25,30-31H,12-19H2,1H3/t23-,30+,31-/m1/s1. The summed E-state index contributed by atoms with van der Waals surface area (Å²) in [6, 6.07) is 22.9. The van der Waals surface area contributed by atoms with E-state index in [9.17, 15) is 17.6 Å². The molecule has 2 aliphatic rings. The molecule has 0 saturated carbocycles.